The highest BCUT2D eigenvalue weighted by Gasteiger charge is 2.11. The number of alkyl halides is 1. The summed E-state index contributed by atoms with van der Waals surface area (Å²) in [6, 6.07) is 10.4. The molecule has 0 nitrogen and oxygen atoms in total. The molecule has 0 bridgehead atoms. The Kier molecular flexibility index (Phi) is 2.74. The molecule has 1 aromatic rings. The first-order valence-electron chi connectivity index (χ1n) is 4.86. The molecule has 0 radical (unpaired) electrons. The van der Waals surface area contributed by atoms with Gasteiger partial charge in [-0.05, 0) is 30.1 Å². The number of rotatable bonds is 1. The molecule has 0 spiro atoms. The van der Waals surface area contributed by atoms with Gasteiger partial charge in [0.1, 0.15) is 0 Å². The van der Waals surface area contributed by atoms with Gasteiger partial charge in [-0.2, -0.15) is 0 Å². The molecule has 0 fully saturated rings. The van der Waals surface area contributed by atoms with Crippen LogP contribution in [0.1, 0.15) is 18.9 Å². The number of allylic oxidation sites excluding steroid dienone is 4. The molecule has 1 aliphatic rings. The largest absolute Gasteiger partial charge is 0.118 e. The van der Waals surface area contributed by atoms with Gasteiger partial charge in [0.15, 0.2) is 0 Å². The maximum absolute atomic E-state index is 6.11. The lowest BCUT2D eigenvalue weighted by molar-refractivity contribution is 1.03. The predicted molar refractivity (Wildman–Crippen MR) is 62.4 cm³/mol. The quantitative estimate of drug-likeness (QED) is 0.606. The lowest BCUT2D eigenvalue weighted by Gasteiger charge is -2.16. The molecular formula is C13H13Cl. The van der Waals surface area contributed by atoms with Gasteiger partial charge < -0.3 is 0 Å². The van der Waals surface area contributed by atoms with E-state index in [0.29, 0.717) is 0 Å². The smallest absolute Gasteiger partial charge is 0.0559 e. The zero-order valence-electron chi connectivity index (χ0n) is 8.20. The fraction of sp³-hybridized carbons (Fsp3) is 0.231. The number of hydrogen-bond donors (Lipinski definition) is 0. The van der Waals surface area contributed by atoms with Crippen molar-refractivity contribution in [1.29, 1.82) is 0 Å². The van der Waals surface area contributed by atoms with Crippen molar-refractivity contribution in [3.63, 3.8) is 0 Å². The van der Waals surface area contributed by atoms with Gasteiger partial charge in [-0.3, -0.25) is 0 Å². The summed E-state index contributed by atoms with van der Waals surface area (Å²) in [5, 5.41) is 0.147. The molecule has 1 atom stereocenters. The molecule has 72 valence electrons. The maximum Gasteiger partial charge on any atom is 0.0559 e. The summed E-state index contributed by atoms with van der Waals surface area (Å²) in [6.45, 7) is 2.14. The molecule has 0 N–H and O–H groups in total. The van der Waals surface area contributed by atoms with Crippen LogP contribution in [0.5, 0.6) is 0 Å². The van der Waals surface area contributed by atoms with Gasteiger partial charge >= 0.3 is 0 Å². The van der Waals surface area contributed by atoms with Crippen LogP contribution in [-0.2, 0) is 0 Å². The molecule has 0 amide bonds. The van der Waals surface area contributed by atoms with Crippen molar-refractivity contribution >= 4 is 17.2 Å². The Balaban J connectivity index is 2.39. The van der Waals surface area contributed by atoms with Gasteiger partial charge in [0.25, 0.3) is 0 Å². The van der Waals surface area contributed by atoms with Crippen LogP contribution in [0.2, 0.25) is 0 Å². The van der Waals surface area contributed by atoms with E-state index in [1.165, 1.54) is 16.7 Å². The molecule has 1 unspecified atom stereocenters. The second-order valence-electron chi connectivity index (χ2n) is 3.59. The van der Waals surface area contributed by atoms with Gasteiger partial charge in [0.05, 0.1) is 5.38 Å². The Hall–Kier alpha value is -1.01. The van der Waals surface area contributed by atoms with Gasteiger partial charge in [-0.15, -0.1) is 11.6 Å². The van der Waals surface area contributed by atoms with Crippen molar-refractivity contribution in [3.05, 3.63) is 53.6 Å². The summed E-state index contributed by atoms with van der Waals surface area (Å²) in [5.74, 6) is 0. The molecule has 14 heavy (non-hydrogen) atoms. The maximum atomic E-state index is 6.11. The highest BCUT2D eigenvalue weighted by molar-refractivity contribution is 6.22. The molecule has 0 saturated carbocycles. The number of benzene rings is 1. The third kappa shape index (κ3) is 1.91. The lowest BCUT2D eigenvalue weighted by atomic mass is 9.93. The van der Waals surface area contributed by atoms with E-state index >= 15 is 0 Å². The van der Waals surface area contributed by atoms with Crippen molar-refractivity contribution in [1.82, 2.24) is 0 Å². The van der Waals surface area contributed by atoms with E-state index in [1.54, 1.807) is 0 Å². The Labute approximate surface area is 89.9 Å². The Morgan fingerprint density at radius 1 is 1.21 bits per heavy atom. The number of halogens is 1. The second-order valence-corrected chi connectivity index (χ2v) is 4.15. The fourth-order valence-corrected chi connectivity index (χ4v) is 1.94. The topological polar surface area (TPSA) is 0 Å². The van der Waals surface area contributed by atoms with E-state index in [9.17, 15) is 0 Å². The van der Waals surface area contributed by atoms with Gasteiger partial charge in [0.2, 0.25) is 0 Å². The van der Waals surface area contributed by atoms with Gasteiger partial charge in [0, 0.05) is 0 Å². The van der Waals surface area contributed by atoms with E-state index in [0.717, 1.165) is 6.42 Å². The van der Waals surface area contributed by atoms with E-state index < -0.39 is 0 Å². The predicted octanol–water partition coefficient (Wildman–Crippen LogP) is 4.03. The zero-order chi connectivity index (χ0) is 9.97. The minimum Gasteiger partial charge on any atom is -0.118 e. The van der Waals surface area contributed by atoms with Crippen LogP contribution in [0.4, 0.5) is 0 Å². The number of hydrogen-bond acceptors (Lipinski definition) is 0. The molecule has 0 heterocycles. The zero-order valence-corrected chi connectivity index (χ0v) is 8.96. The molecule has 0 saturated heterocycles. The van der Waals surface area contributed by atoms with Crippen LogP contribution in [0.15, 0.2) is 48.1 Å². The van der Waals surface area contributed by atoms with Crippen LogP contribution in [0.25, 0.3) is 5.57 Å². The molecule has 1 aliphatic carbocycles. The SMILES string of the molecule is CC1=CCC(Cl)C=C1c1ccccc1. The molecule has 1 heteroatoms. The Morgan fingerprint density at radius 2 is 1.93 bits per heavy atom. The summed E-state index contributed by atoms with van der Waals surface area (Å²) >= 11 is 6.11. The third-order valence-electron chi connectivity index (χ3n) is 2.51. The van der Waals surface area contributed by atoms with Crippen molar-refractivity contribution < 1.29 is 0 Å². The van der Waals surface area contributed by atoms with Crippen LogP contribution in [-0.4, -0.2) is 5.38 Å². The molecule has 0 aliphatic heterocycles. The molecule has 1 aromatic carbocycles. The average molecular weight is 205 g/mol. The highest BCUT2D eigenvalue weighted by Crippen LogP contribution is 2.29. The fourth-order valence-electron chi connectivity index (χ4n) is 1.72. The standard InChI is InChI=1S/C13H13Cl/c1-10-7-8-12(14)9-13(10)11-5-3-2-4-6-11/h2-7,9,12H,8H2,1H3. The van der Waals surface area contributed by atoms with Crippen molar-refractivity contribution in [2.45, 2.75) is 18.7 Å². The molecule has 2 rings (SSSR count). The minimum absolute atomic E-state index is 0.147. The average Bonchev–Trinajstić information content (AvgIpc) is 2.23. The Morgan fingerprint density at radius 3 is 2.64 bits per heavy atom. The van der Waals surface area contributed by atoms with Gasteiger partial charge in [-0.25, -0.2) is 0 Å². The Bertz CT molecular complexity index is 373. The summed E-state index contributed by atoms with van der Waals surface area (Å²) in [7, 11) is 0. The monoisotopic (exact) mass is 204 g/mol. The highest BCUT2D eigenvalue weighted by atomic mass is 35.5. The van der Waals surface area contributed by atoms with Crippen LogP contribution >= 0.6 is 11.6 Å². The van der Waals surface area contributed by atoms with Gasteiger partial charge in [-0.1, -0.05) is 42.5 Å². The van der Waals surface area contributed by atoms with E-state index in [-0.39, 0.29) is 5.38 Å². The summed E-state index contributed by atoms with van der Waals surface area (Å²) in [6.07, 6.45) is 5.30. The lowest BCUT2D eigenvalue weighted by Crippen LogP contribution is -2.01. The van der Waals surface area contributed by atoms with Crippen molar-refractivity contribution in [2.24, 2.45) is 0 Å². The van der Waals surface area contributed by atoms with Crippen LogP contribution < -0.4 is 0 Å². The van der Waals surface area contributed by atoms with E-state index in [1.807, 2.05) is 6.07 Å². The van der Waals surface area contributed by atoms with Crippen molar-refractivity contribution in [3.8, 4) is 0 Å². The summed E-state index contributed by atoms with van der Waals surface area (Å²) in [4.78, 5) is 0. The first-order chi connectivity index (χ1) is 6.77. The first kappa shape index (κ1) is 9.54. The van der Waals surface area contributed by atoms with E-state index in [2.05, 4.69) is 43.3 Å². The summed E-state index contributed by atoms with van der Waals surface area (Å²) < 4.78 is 0. The summed E-state index contributed by atoms with van der Waals surface area (Å²) in [5.41, 5.74) is 3.86. The second kappa shape index (κ2) is 4.02. The van der Waals surface area contributed by atoms with E-state index in [4.69, 9.17) is 11.6 Å². The van der Waals surface area contributed by atoms with Crippen LogP contribution in [0, 0.1) is 0 Å². The van der Waals surface area contributed by atoms with Crippen LogP contribution in [0.3, 0.4) is 0 Å². The third-order valence-corrected chi connectivity index (χ3v) is 2.81. The normalized spacial score (nSPS) is 21.4. The first-order valence-corrected chi connectivity index (χ1v) is 5.29. The van der Waals surface area contributed by atoms with Crippen molar-refractivity contribution in [2.75, 3.05) is 0 Å². The minimum atomic E-state index is 0.147. The molecule has 0 aromatic heterocycles. The molecular weight excluding hydrogens is 192 g/mol.